The minimum atomic E-state index is -2.98. The first-order valence-electron chi connectivity index (χ1n) is 8.77. The SMILES string of the molecule is COc1cc(CN2C(=O)N[C@@]3(CCCc4sccc43)C2=O)ccc1OC(F)F. The number of ether oxygens (including phenoxy) is 2. The fraction of sp³-hybridized carbons (Fsp3) is 0.368. The van der Waals surface area contributed by atoms with Crippen molar-refractivity contribution in [1.29, 1.82) is 0 Å². The number of alkyl halides is 2. The molecule has 28 heavy (non-hydrogen) atoms. The van der Waals surface area contributed by atoms with Crippen LogP contribution in [0.25, 0.3) is 0 Å². The van der Waals surface area contributed by atoms with Crippen molar-refractivity contribution in [2.75, 3.05) is 7.11 Å². The molecular weight excluding hydrogens is 390 g/mol. The highest BCUT2D eigenvalue weighted by molar-refractivity contribution is 7.10. The first kappa shape index (κ1) is 18.7. The number of hydrogen-bond acceptors (Lipinski definition) is 5. The number of thiophene rings is 1. The smallest absolute Gasteiger partial charge is 0.387 e. The molecule has 1 saturated heterocycles. The second kappa shape index (κ2) is 7.05. The fourth-order valence-electron chi connectivity index (χ4n) is 3.87. The van der Waals surface area contributed by atoms with E-state index in [1.54, 1.807) is 11.3 Å². The number of amides is 3. The van der Waals surface area contributed by atoms with Crippen LogP contribution in [0.15, 0.2) is 29.6 Å². The van der Waals surface area contributed by atoms with Gasteiger partial charge in [-0.1, -0.05) is 6.07 Å². The minimum absolute atomic E-state index is 0.0111. The Hall–Kier alpha value is -2.68. The maximum absolute atomic E-state index is 13.2. The largest absolute Gasteiger partial charge is 0.493 e. The summed E-state index contributed by atoms with van der Waals surface area (Å²) in [5, 5.41) is 4.82. The number of rotatable bonds is 5. The molecule has 0 saturated carbocycles. The van der Waals surface area contributed by atoms with Gasteiger partial charge in [0, 0.05) is 10.4 Å². The highest BCUT2D eigenvalue weighted by atomic mass is 32.1. The minimum Gasteiger partial charge on any atom is -0.493 e. The van der Waals surface area contributed by atoms with E-state index in [4.69, 9.17) is 4.74 Å². The number of hydrogen-bond donors (Lipinski definition) is 1. The summed E-state index contributed by atoms with van der Waals surface area (Å²) >= 11 is 1.59. The summed E-state index contributed by atoms with van der Waals surface area (Å²) < 4.78 is 34.5. The summed E-state index contributed by atoms with van der Waals surface area (Å²) in [6.07, 6.45) is 2.28. The van der Waals surface area contributed by atoms with Gasteiger partial charge in [-0.15, -0.1) is 11.3 Å². The first-order chi connectivity index (χ1) is 13.4. The van der Waals surface area contributed by atoms with E-state index < -0.39 is 18.2 Å². The molecule has 9 heteroatoms. The quantitative estimate of drug-likeness (QED) is 0.767. The molecule has 1 fully saturated rings. The van der Waals surface area contributed by atoms with Gasteiger partial charge in [0.15, 0.2) is 11.5 Å². The maximum atomic E-state index is 13.2. The number of nitrogens with one attached hydrogen (secondary N) is 1. The highest BCUT2D eigenvalue weighted by Crippen LogP contribution is 2.42. The average Bonchev–Trinajstić information content (AvgIpc) is 3.23. The predicted molar refractivity (Wildman–Crippen MR) is 97.6 cm³/mol. The second-order valence-corrected chi connectivity index (χ2v) is 7.70. The highest BCUT2D eigenvalue weighted by Gasteiger charge is 2.54. The number of carbonyl (C=O) groups is 2. The summed E-state index contributed by atoms with van der Waals surface area (Å²) in [6.45, 7) is -2.96. The molecule has 148 valence electrons. The molecule has 1 aliphatic heterocycles. The summed E-state index contributed by atoms with van der Waals surface area (Å²) in [5.41, 5.74) is 0.441. The van der Waals surface area contributed by atoms with Crippen LogP contribution in [-0.4, -0.2) is 30.6 Å². The Bertz CT molecular complexity index is 932. The molecule has 1 aromatic heterocycles. The Kier molecular flexibility index (Phi) is 4.70. The van der Waals surface area contributed by atoms with Crippen molar-refractivity contribution in [3.63, 3.8) is 0 Å². The zero-order valence-corrected chi connectivity index (χ0v) is 15.9. The van der Waals surface area contributed by atoms with Gasteiger partial charge in [0.2, 0.25) is 0 Å². The summed E-state index contributed by atoms with van der Waals surface area (Å²) in [7, 11) is 1.33. The van der Waals surface area contributed by atoms with Crippen molar-refractivity contribution in [3.05, 3.63) is 45.6 Å². The van der Waals surface area contributed by atoms with E-state index in [0.29, 0.717) is 12.0 Å². The standard InChI is InChI=1S/C19H18F2N2O4S/c1-26-14-9-11(4-5-13(14)27-17(20)21)10-23-16(24)19(22-18(23)25)7-2-3-15-12(19)6-8-28-15/h4-6,8-9,17H,2-3,7,10H2,1H3,(H,22,25)/t19-/m1/s1. The lowest BCUT2D eigenvalue weighted by Gasteiger charge is -2.31. The zero-order chi connectivity index (χ0) is 19.9. The number of carbonyl (C=O) groups excluding carboxylic acids is 2. The molecule has 1 aliphatic carbocycles. The van der Waals surface area contributed by atoms with Gasteiger partial charge in [0.05, 0.1) is 13.7 Å². The van der Waals surface area contributed by atoms with E-state index in [0.717, 1.165) is 28.2 Å². The Morgan fingerprint density at radius 3 is 2.86 bits per heavy atom. The molecule has 0 unspecified atom stereocenters. The van der Waals surface area contributed by atoms with E-state index in [1.165, 1.54) is 25.3 Å². The molecule has 0 bridgehead atoms. The van der Waals surface area contributed by atoms with Gasteiger partial charge < -0.3 is 14.8 Å². The molecule has 1 atom stereocenters. The zero-order valence-electron chi connectivity index (χ0n) is 15.0. The molecule has 2 heterocycles. The van der Waals surface area contributed by atoms with Crippen molar-refractivity contribution < 1.29 is 27.8 Å². The third-order valence-electron chi connectivity index (χ3n) is 5.12. The summed E-state index contributed by atoms with van der Waals surface area (Å²) in [4.78, 5) is 28.1. The van der Waals surface area contributed by atoms with Crippen molar-refractivity contribution >= 4 is 23.3 Å². The Labute approximate surface area is 164 Å². The Morgan fingerprint density at radius 2 is 2.11 bits per heavy atom. The van der Waals surface area contributed by atoms with Crippen molar-refractivity contribution in [3.8, 4) is 11.5 Å². The van der Waals surface area contributed by atoms with Crippen LogP contribution in [0.3, 0.4) is 0 Å². The summed E-state index contributed by atoms with van der Waals surface area (Å²) in [5.74, 6) is -0.286. The third-order valence-corrected chi connectivity index (χ3v) is 6.10. The molecule has 1 N–H and O–H groups in total. The van der Waals surface area contributed by atoms with E-state index in [1.807, 2.05) is 11.4 Å². The molecule has 2 aromatic rings. The monoisotopic (exact) mass is 408 g/mol. The van der Waals surface area contributed by atoms with E-state index >= 15 is 0 Å². The van der Waals surface area contributed by atoms with Crippen molar-refractivity contribution in [2.24, 2.45) is 0 Å². The normalized spacial score (nSPS) is 21.2. The predicted octanol–water partition coefficient (Wildman–Crippen LogP) is 3.64. The molecule has 4 rings (SSSR count). The third kappa shape index (κ3) is 2.99. The van der Waals surface area contributed by atoms with Gasteiger partial charge >= 0.3 is 12.6 Å². The number of imide groups is 1. The molecule has 1 aromatic carbocycles. The lowest BCUT2D eigenvalue weighted by molar-refractivity contribution is -0.132. The van der Waals surface area contributed by atoms with Crippen LogP contribution in [0.4, 0.5) is 13.6 Å². The van der Waals surface area contributed by atoms with Gasteiger partial charge in [-0.25, -0.2) is 4.79 Å². The average molecular weight is 408 g/mol. The van der Waals surface area contributed by atoms with E-state index in [-0.39, 0.29) is 24.0 Å². The number of aryl methyl sites for hydroxylation is 1. The van der Waals surface area contributed by atoms with E-state index in [2.05, 4.69) is 10.1 Å². The van der Waals surface area contributed by atoms with Crippen molar-refractivity contribution in [1.82, 2.24) is 10.2 Å². The van der Waals surface area contributed by atoms with Gasteiger partial charge in [-0.2, -0.15) is 8.78 Å². The van der Waals surface area contributed by atoms with Crippen LogP contribution < -0.4 is 14.8 Å². The van der Waals surface area contributed by atoms with Crippen LogP contribution in [-0.2, 0) is 23.3 Å². The number of fused-ring (bicyclic) bond motifs is 2. The topological polar surface area (TPSA) is 67.9 Å². The molecule has 1 spiro atoms. The number of benzene rings is 1. The lowest BCUT2D eigenvalue weighted by Crippen LogP contribution is -2.46. The molecule has 6 nitrogen and oxygen atoms in total. The molecule has 0 radical (unpaired) electrons. The van der Waals surface area contributed by atoms with Gasteiger partial charge in [-0.05, 0) is 48.4 Å². The van der Waals surface area contributed by atoms with Gasteiger partial charge in [0.25, 0.3) is 5.91 Å². The lowest BCUT2D eigenvalue weighted by atomic mass is 9.80. The van der Waals surface area contributed by atoms with Gasteiger partial charge in [-0.3, -0.25) is 9.69 Å². The van der Waals surface area contributed by atoms with Crippen LogP contribution in [0.5, 0.6) is 11.5 Å². The maximum Gasteiger partial charge on any atom is 0.387 e. The number of nitrogens with zero attached hydrogens (tertiary/aromatic N) is 1. The molecular formula is C19H18F2N2O4S. The second-order valence-electron chi connectivity index (χ2n) is 6.70. The Balaban J connectivity index is 1.60. The summed E-state index contributed by atoms with van der Waals surface area (Å²) in [6, 6.07) is 5.80. The number of urea groups is 1. The molecule has 3 amide bonds. The fourth-order valence-corrected chi connectivity index (χ4v) is 4.87. The first-order valence-corrected chi connectivity index (χ1v) is 9.65. The number of methoxy groups -OCH3 is 1. The Morgan fingerprint density at radius 1 is 1.29 bits per heavy atom. The van der Waals surface area contributed by atoms with Crippen LogP contribution in [0.2, 0.25) is 0 Å². The molecule has 2 aliphatic rings. The van der Waals surface area contributed by atoms with Crippen LogP contribution in [0, 0.1) is 0 Å². The van der Waals surface area contributed by atoms with Crippen molar-refractivity contribution in [2.45, 2.75) is 38.0 Å². The van der Waals surface area contributed by atoms with Crippen LogP contribution in [0.1, 0.15) is 28.8 Å². The van der Waals surface area contributed by atoms with E-state index in [9.17, 15) is 18.4 Å². The van der Waals surface area contributed by atoms with Gasteiger partial charge in [0.1, 0.15) is 5.54 Å². The number of halogens is 2. The van der Waals surface area contributed by atoms with Crippen LogP contribution >= 0.6 is 11.3 Å².